The van der Waals surface area contributed by atoms with Gasteiger partial charge in [0.25, 0.3) is 5.91 Å². The van der Waals surface area contributed by atoms with Crippen LogP contribution in [0.3, 0.4) is 0 Å². The van der Waals surface area contributed by atoms with E-state index >= 15 is 0 Å². The smallest absolute Gasteiger partial charge is 0.258 e. The minimum Gasteiger partial charge on any atom is -0.372 e. The van der Waals surface area contributed by atoms with Gasteiger partial charge in [-0.1, -0.05) is 57.2 Å². The Balaban J connectivity index is 1.67. The maximum absolute atomic E-state index is 13.9. The first-order valence-corrected chi connectivity index (χ1v) is 13.6. The fraction of sp³-hybridized carbons (Fsp3) is 0.375. The van der Waals surface area contributed by atoms with Crippen LogP contribution in [-0.2, 0) is 4.79 Å². The third kappa shape index (κ3) is 5.56. The highest BCUT2D eigenvalue weighted by molar-refractivity contribution is 6.07. The van der Waals surface area contributed by atoms with Gasteiger partial charge >= 0.3 is 0 Å². The van der Waals surface area contributed by atoms with Crippen molar-refractivity contribution in [3.8, 4) is 0 Å². The van der Waals surface area contributed by atoms with Gasteiger partial charge in [-0.15, -0.1) is 0 Å². The lowest BCUT2D eigenvalue weighted by atomic mass is 9.89. The van der Waals surface area contributed by atoms with Gasteiger partial charge in [0, 0.05) is 48.2 Å². The van der Waals surface area contributed by atoms with Crippen LogP contribution >= 0.6 is 0 Å². The molecule has 0 saturated carbocycles. The van der Waals surface area contributed by atoms with E-state index in [0.29, 0.717) is 18.4 Å². The third-order valence-electron chi connectivity index (χ3n) is 7.16. The molecule has 4 rings (SSSR count). The number of para-hydroxylation sites is 2. The molecule has 3 aromatic rings. The van der Waals surface area contributed by atoms with E-state index in [-0.39, 0.29) is 23.9 Å². The molecule has 2 amide bonds. The largest absolute Gasteiger partial charge is 0.372 e. The molecule has 1 aliphatic rings. The molecule has 0 aromatic heterocycles. The van der Waals surface area contributed by atoms with Crippen LogP contribution in [0.15, 0.2) is 78.9 Å². The summed E-state index contributed by atoms with van der Waals surface area (Å²) < 4.78 is 0. The Morgan fingerprint density at radius 1 is 0.811 bits per heavy atom. The van der Waals surface area contributed by atoms with Gasteiger partial charge < -0.3 is 14.7 Å². The molecule has 0 aliphatic carbocycles. The molecule has 2 atom stereocenters. The number of anilines is 3. The van der Waals surface area contributed by atoms with Gasteiger partial charge in [-0.25, -0.2) is 0 Å². The molecule has 0 spiro atoms. The summed E-state index contributed by atoms with van der Waals surface area (Å²) in [6.07, 6.45) is 3.27. The van der Waals surface area contributed by atoms with Crippen molar-refractivity contribution in [2.75, 3.05) is 27.8 Å². The monoisotopic (exact) mass is 497 g/mol. The summed E-state index contributed by atoms with van der Waals surface area (Å²) in [7, 11) is 0. The van der Waals surface area contributed by atoms with Crippen molar-refractivity contribution < 1.29 is 9.59 Å². The summed E-state index contributed by atoms with van der Waals surface area (Å²) in [6.45, 7) is 10.4. The number of rotatable bonds is 9. The van der Waals surface area contributed by atoms with Gasteiger partial charge in [-0.3, -0.25) is 9.59 Å². The number of nitrogens with zero attached hydrogens (tertiary/aromatic N) is 3. The van der Waals surface area contributed by atoms with Gasteiger partial charge in [-0.2, -0.15) is 0 Å². The van der Waals surface area contributed by atoms with E-state index in [9.17, 15) is 9.59 Å². The summed E-state index contributed by atoms with van der Waals surface area (Å²) in [4.78, 5) is 33.3. The number of carbonyl (C=O) groups excluding carboxylic acids is 2. The summed E-state index contributed by atoms with van der Waals surface area (Å²) in [5, 5.41) is 0. The second kappa shape index (κ2) is 12.1. The van der Waals surface area contributed by atoms with Crippen LogP contribution in [-0.4, -0.2) is 30.9 Å². The van der Waals surface area contributed by atoms with Crippen LogP contribution in [0.25, 0.3) is 0 Å². The van der Waals surface area contributed by atoms with E-state index in [1.54, 1.807) is 0 Å². The minimum absolute atomic E-state index is 0.00411. The average Bonchev–Trinajstić information content (AvgIpc) is 2.93. The van der Waals surface area contributed by atoms with Gasteiger partial charge in [0.2, 0.25) is 5.91 Å². The van der Waals surface area contributed by atoms with Crippen molar-refractivity contribution in [3.05, 3.63) is 90.0 Å². The normalized spacial score (nSPS) is 16.7. The lowest BCUT2D eigenvalue weighted by Crippen LogP contribution is -2.47. The molecule has 0 fully saturated rings. The zero-order valence-electron chi connectivity index (χ0n) is 22.6. The molecule has 5 heteroatoms. The number of hydrogen-bond donors (Lipinski definition) is 0. The van der Waals surface area contributed by atoms with Crippen LogP contribution in [0.2, 0.25) is 0 Å². The van der Waals surface area contributed by atoms with Crippen LogP contribution < -0.4 is 14.7 Å². The Hall–Kier alpha value is -3.60. The number of carbonyl (C=O) groups is 2. The van der Waals surface area contributed by atoms with Gasteiger partial charge in [0.1, 0.15) is 0 Å². The van der Waals surface area contributed by atoms with Crippen molar-refractivity contribution in [2.45, 2.75) is 65.5 Å². The van der Waals surface area contributed by atoms with Crippen LogP contribution in [0.1, 0.15) is 75.3 Å². The van der Waals surface area contributed by atoms with Gasteiger partial charge in [-0.05, 0) is 74.2 Å². The fourth-order valence-corrected chi connectivity index (χ4v) is 5.46. The maximum atomic E-state index is 13.9. The van der Waals surface area contributed by atoms with E-state index in [2.05, 4.69) is 43.9 Å². The van der Waals surface area contributed by atoms with Crippen LogP contribution in [0.5, 0.6) is 0 Å². The molecule has 0 N–H and O–H groups in total. The van der Waals surface area contributed by atoms with Crippen molar-refractivity contribution in [1.82, 2.24) is 0 Å². The van der Waals surface area contributed by atoms with Crippen LogP contribution in [0.4, 0.5) is 17.1 Å². The standard InChI is InChI=1S/C32H39N3O2/c1-5-21-33(22-6-2)26-19-17-25(18-20-26)32(37)34-24(4)23-30(28-15-11-12-16-29(28)34)35(31(36)7-3)27-13-9-8-10-14-27/h8-20,24,30H,5-7,21-23H2,1-4H3/t24-,30+/m1/s1. The highest BCUT2D eigenvalue weighted by Gasteiger charge is 2.38. The number of amides is 2. The quantitative estimate of drug-likeness (QED) is 0.313. The highest BCUT2D eigenvalue weighted by Crippen LogP contribution is 2.43. The van der Waals surface area contributed by atoms with Crippen molar-refractivity contribution in [1.29, 1.82) is 0 Å². The topological polar surface area (TPSA) is 43.9 Å². The molecular formula is C32H39N3O2. The second-order valence-electron chi connectivity index (χ2n) is 9.82. The summed E-state index contributed by atoms with van der Waals surface area (Å²) >= 11 is 0. The Kier molecular flexibility index (Phi) is 8.65. The molecule has 37 heavy (non-hydrogen) atoms. The summed E-state index contributed by atoms with van der Waals surface area (Å²) in [5.74, 6) is 0.0767. The predicted molar refractivity (Wildman–Crippen MR) is 154 cm³/mol. The molecule has 0 unspecified atom stereocenters. The maximum Gasteiger partial charge on any atom is 0.258 e. The first-order valence-electron chi connectivity index (χ1n) is 13.6. The summed E-state index contributed by atoms with van der Waals surface area (Å²) in [6, 6.07) is 25.7. The molecule has 0 bridgehead atoms. The molecule has 5 nitrogen and oxygen atoms in total. The Bertz CT molecular complexity index is 1190. The zero-order chi connectivity index (χ0) is 26.4. The Morgan fingerprint density at radius 3 is 2.05 bits per heavy atom. The van der Waals surface area contributed by atoms with Crippen molar-refractivity contribution >= 4 is 28.9 Å². The first-order chi connectivity index (χ1) is 18.0. The highest BCUT2D eigenvalue weighted by atomic mass is 16.2. The molecular weight excluding hydrogens is 458 g/mol. The third-order valence-corrected chi connectivity index (χ3v) is 7.16. The first kappa shape index (κ1) is 26.5. The summed E-state index contributed by atoms with van der Waals surface area (Å²) in [5.41, 5.74) is 4.61. The zero-order valence-corrected chi connectivity index (χ0v) is 22.6. The lowest BCUT2D eigenvalue weighted by Gasteiger charge is -2.43. The fourth-order valence-electron chi connectivity index (χ4n) is 5.46. The number of fused-ring (bicyclic) bond motifs is 1. The van der Waals surface area contributed by atoms with Crippen molar-refractivity contribution in [2.24, 2.45) is 0 Å². The second-order valence-corrected chi connectivity index (χ2v) is 9.82. The molecule has 194 valence electrons. The van der Waals surface area contributed by atoms with Gasteiger partial charge in [0.05, 0.1) is 6.04 Å². The molecule has 1 heterocycles. The molecule has 0 saturated heterocycles. The molecule has 0 radical (unpaired) electrons. The average molecular weight is 498 g/mol. The van der Waals surface area contributed by atoms with E-state index in [1.165, 1.54) is 0 Å². The van der Waals surface area contributed by atoms with Crippen LogP contribution in [0, 0.1) is 0 Å². The SMILES string of the molecule is CCCN(CCC)c1ccc(C(=O)N2c3ccccc3[C@@H](N(C(=O)CC)c3ccccc3)C[C@H]2C)cc1. The number of benzene rings is 3. The lowest BCUT2D eigenvalue weighted by molar-refractivity contribution is -0.118. The number of hydrogen-bond acceptors (Lipinski definition) is 3. The van der Waals surface area contributed by atoms with Gasteiger partial charge in [0.15, 0.2) is 0 Å². The van der Waals surface area contributed by atoms with E-state index < -0.39 is 0 Å². The van der Waals surface area contributed by atoms with E-state index in [4.69, 9.17) is 0 Å². The predicted octanol–water partition coefficient (Wildman–Crippen LogP) is 7.24. The molecule has 3 aromatic carbocycles. The minimum atomic E-state index is -0.135. The Morgan fingerprint density at radius 2 is 1.43 bits per heavy atom. The molecule has 1 aliphatic heterocycles. The van der Waals surface area contributed by atoms with E-state index in [0.717, 1.165) is 48.6 Å². The van der Waals surface area contributed by atoms with Crippen molar-refractivity contribution in [3.63, 3.8) is 0 Å². The Labute approximate surface area is 221 Å². The van der Waals surface area contributed by atoms with E-state index in [1.807, 2.05) is 77.4 Å².